The Kier molecular flexibility index (Phi) is 3.49. The summed E-state index contributed by atoms with van der Waals surface area (Å²) in [7, 11) is 0. The third-order valence-electron chi connectivity index (χ3n) is 2.38. The van der Waals surface area contributed by atoms with Crippen LogP contribution in [0.4, 0.5) is 4.39 Å². The number of benzene rings is 1. The maximum Gasteiger partial charge on any atom is 0.196 e. The first-order valence-corrected chi connectivity index (χ1v) is 6.07. The third-order valence-corrected chi connectivity index (χ3v) is 3.41. The molecule has 17 heavy (non-hydrogen) atoms. The molecule has 0 aliphatic carbocycles. The van der Waals surface area contributed by atoms with E-state index in [1.54, 1.807) is 18.2 Å². The minimum absolute atomic E-state index is 0.0122. The van der Waals surface area contributed by atoms with Gasteiger partial charge >= 0.3 is 0 Å². The molecule has 0 aliphatic rings. The van der Waals surface area contributed by atoms with Gasteiger partial charge in [-0.05, 0) is 47.7 Å². The highest BCUT2D eigenvalue weighted by molar-refractivity contribution is 7.12. The molecule has 1 heterocycles. The summed E-state index contributed by atoms with van der Waals surface area (Å²) in [4.78, 5) is 12.6. The van der Waals surface area contributed by atoms with Gasteiger partial charge in [-0.15, -0.1) is 11.3 Å². The number of thiophene rings is 1. The predicted octanol–water partition coefficient (Wildman–Crippen LogP) is 4.09. The van der Waals surface area contributed by atoms with Crippen LogP contribution in [0.2, 0.25) is 0 Å². The fourth-order valence-electron chi connectivity index (χ4n) is 1.45. The highest BCUT2D eigenvalue weighted by Gasteiger charge is 2.06. The van der Waals surface area contributed by atoms with Crippen LogP contribution in [0.5, 0.6) is 0 Å². The Balaban J connectivity index is 2.14. The van der Waals surface area contributed by atoms with Crippen molar-refractivity contribution in [3.05, 3.63) is 63.6 Å². The molecule has 0 saturated carbocycles. The van der Waals surface area contributed by atoms with Crippen molar-refractivity contribution in [3.63, 3.8) is 0 Å². The highest BCUT2D eigenvalue weighted by Crippen LogP contribution is 2.17. The summed E-state index contributed by atoms with van der Waals surface area (Å²) >= 11 is 1.43. The summed E-state index contributed by atoms with van der Waals surface area (Å²) in [6.45, 7) is 1.91. The fraction of sp³-hybridized carbons (Fsp3) is 0.0714. The average Bonchev–Trinajstić information content (AvgIpc) is 2.74. The van der Waals surface area contributed by atoms with Crippen LogP contribution in [0.1, 0.15) is 20.8 Å². The second-order valence-corrected chi connectivity index (χ2v) is 4.60. The Labute approximate surface area is 103 Å². The molecule has 0 radical (unpaired) electrons. The van der Waals surface area contributed by atoms with Crippen LogP contribution < -0.4 is 0 Å². The molecule has 1 nitrogen and oxygen atoms in total. The Hall–Kier alpha value is -1.74. The molecule has 0 amide bonds. The summed E-state index contributed by atoms with van der Waals surface area (Å²) in [5.41, 5.74) is 1.80. The third kappa shape index (κ3) is 2.88. The summed E-state index contributed by atoms with van der Waals surface area (Å²) in [5.74, 6) is -0.288. The van der Waals surface area contributed by atoms with Crippen molar-refractivity contribution in [2.24, 2.45) is 0 Å². The lowest BCUT2D eigenvalue weighted by Gasteiger charge is -1.94. The minimum Gasteiger partial charge on any atom is -0.288 e. The van der Waals surface area contributed by atoms with Crippen LogP contribution in [0, 0.1) is 12.7 Å². The van der Waals surface area contributed by atoms with E-state index in [9.17, 15) is 9.18 Å². The lowest BCUT2D eigenvalue weighted by molar-refractivity contribution is 0.105. The standard InChI is InChI=1S/C14H11FOS/c1-10-8-9-17-14(10)13(16)7-4-11-2-5-12(15)6-3-11/h2-9H,1H3. The van der Waals surface area contributed by atoms with Gasteiger partial charge in [0.25, 0.3) is 0 Å². The normalized spacial score (nSPS) is 10.9. The molecule has 0 N–H and O–H groups in total. The Morgan fingerprint density at radius 3 is 2.53 bits per heavy atom. The fourth-order valence-corrected chi connectivity index (χ4v) is 2.29. The summed E-state index contributed by atoms with van der Waals surface area (Å²) in [6.07, 6.45) is 3.22. The molecule has 1 aromatic heterocycles. The van der Waals surface area contributed by atoms with Crippen LogP contribution in [0.3, 0.4) is 0 Å². The molecular weight excluding hydrogens is 235 g/mol. The molecule has 2 aromatic rings. The maximum absolute atomic E-state index is 12.7. The molecule has 0 saturated heterocycles. The van der Waals surface area contributed by atoms with E-state index in [1.165, 1.54) is 29.5 Å². The van der Waals surface area contributed by atoms with Crippen molar-refractivity contribution in [1.29, 1.82) is 0 Å². The van der Waals surface area contributed by atoms with Crippen molar-refractivity contribution in [1.82, 2.24) is 0 Å². The number of hydrogen-bond acceptors (Lipinski definition) is 2. The van der Waals surface area contributed by atoms with E-state index in [0.29, 0.717) is 0 Å². The molecule has 1 aromatic carbocycles. The number of carbonyl (C=O) groups is 1. The number of hydrogen-bond donors (Lipinski definition) is 0. The largest absolute Gasteiger partial charge is 0.288 e. The summed E-state index contributed by atoms with van der Waals surface area (Å²) in [6, 6.07) is 7.95. The Morgan fingerprint density at radius 1 is 1.24 bits per heavy atom. The van der Waals surface area contributed by atoms with Gasteiger partial charge in [-0.2, -0.15) is 0 Å². The van der Waals surface area contributed by atoms with Crippen LogP contribution in [-0.4, -0.2) is 5.78 Å². The number of halogens is 1. The summed E-state index contributed by atoms with van der Waals surface area (Å²) < 4.78 is 12.7. The van der Waals surface area contributed by atoms with Gasteiger partial charge < -0.3 is 0 Å². The second kappa shape index (κ2) is 5.06. The van der Waals surface area contributed by atoms with E-state index < -0.39 is 0 Å². The zero-order valence-electron chi connectivity index (χ0n) is 9.31. The van der Waals surface area contributed by atoms with Crippen molar-refractivity contribution < 1.29 is 9.18 Å². The van der Waals surface area contributed by atoms with Gasteiger partial charge in [0.1, 0.15) is 5.82 Å². The zero-order valence-corrected chi connectivity index (χ0v) is 10.1. The molecule has 0 spiro atoms. The minimum atomic E-state index is -0.275. The maximum atomic E-state index is 12.7. The van der Waals surface area contributed by atoms with Crippen molar-refractivity contribution in [2.75, 3.05) is 0 Å². The number of aryl methyl sites for hydroxylation is 1. The predicted molar refractivity (Wildman–Crippen MR) is 68.8 cm³/mol. The van der Waals surface area contributed by atoms with E-state index in [2.05, 4.69) is 0 Å². The van der Waals surface area contributed by atoms with E-state index in [-0.39, 0.29) is 11.6 Å². The molecule has 0 unspecified atom stereocenters. The molecule has 0 bridgehead atoms. The monoisotopic (exact) mass is 246 g/mol. The van der Waals surface area contributed by atoms with E-state index in [4.69, 9.17) is 0 Å². The molecule has 0 aliphatic heterocycles. The van der Waals surface area contributed by atoms with Crippen molar-refractivity contribution in [3.8, 4) is 0 Å². The molecule has 2 rings (SSSR count). The van der Waals surface area contributed by atoms with Crippen molar-refractivity contribution >= 4 is 23.2 Å². The van der Waals surface area contributed by atoms with Gasteiger partial charge in [-0.3, -0.25) is 4.79 Å². The van der Waals surface area contributed by atoms with Crippen LogP contribution >= 0.6 is 11.3 Å². The number of ketones is 1. The van der Waals surface area contributed by atoms with E-state index in [0.717, 1.165) is 16.0 Å². The van der Waals surface area contributed by atoms with Crippen LogP contribution in [0.25, 0.3) is 6.08 Å². The van der Waals surface area contributed by atoms with E-state index in [1.807, 2.05) is 18.4 Å². The molecule has 0 fully saturated rings. The van der Waals surface area contributed by atoms with Gasteiger partial charge in [0, 0.05) is 0 Å². The molecular formula is C14H11FOS. The van der Waals surface area contributed by atoms with E-state index >= 15 is 0 Å². The SMILES string of the molecule is Cc1ccsc1C(=O)C=Cc1ccc(F)cc1. The number of rotatable bonds is 3. The molecule has 3 heteroatoms. The topological polar surface area (TPSA) is 17.1 Å². The highest BCUT2D eigenvalue weighted by atomic mass is 32.1. The van der Waals surface area contributed by atoms with Gasteiger partial charge in [-0.25, -0.2) is 4.39 Å². The first-order valence-electron chi connectivity index (χ1n) is 5.19. The zero-order chi connectivity index (χ0) is 12.3. The first-order chi connectivity index (χ1) is 8.16. The second-order valence-electron chi connectivity index (χ2n) is 3.68. The lowest BCUT2D eigenvalue weighted by atomic mass is 10.1. The smallest absolute Gasteiger partial charge is 0.196 e. The van der Waals surface area contributed by atoms with Crippen molar-refractivity contribution in [2.45, 2.75) is 6.92 Å². The van der Waals surface area contributed by atoms with Gasteiger partial charge in [0.05, 0.1) is 4.88 Å². The Morgan fingerprint density at radius 2 is 1.94 bits per heavy atom. The number of allylic oxidation sites excluding steroid dienone is 1. The van der Waals surface area contributed by atoms with Gasteiger partial charge in [0.15, 0.2) is 5.78 Å². The first kappa shape index (κ1) is 11.7. The molecule has 86 valence electrons. The number of carbonyl (C=O) groups excluding carboxylic acids is 1. The van der Waals surface area contributed by atoms with Crippen LogP contribution in [0.15, 0.2) is 41.8 Å². The van der Waals surface area contributed by atoms with Gasteiger partial charge in [0.2, 0.25) is 0 Å². The summed E-state index contributed by atoms with van der Waals surface area (Å²) in [5, 5.41) is 1.90. The lowest BCUT2D eigenvalue weighted by Crippen LogP contribution is -1.92. The Bertz CT molecular complexity index is 552. The van der Waals surface area contributed by atoms with Gasteiger partial charge in [-0.1, -0.05) is 18.2 Å². The van der Waals surface area contributed by atoms with Crippen LogP contribution in [-0.2, 0) is 0 Å². The quantitative estimate of drug-likeness (QED) is 0.589. The molecule has 0 atom stereocenters. The average molecular weight is 246 g/mol.